The maximum absolute atomic E-state index is 12.1. The van der Waals surface area contributed by atoms with Crippen LogP contribution in [-0.2, 0) is 0 Å². The van der Waals surface area contributed by atoms with E-state index in [1.54, 1.807) is 0 Å². The Balaban J connectivity index is 1.71. The molecule has 1 aliphatic rings. The molecule has 21 heavy (non-hydrogen) atoms. The normalized spacial score (nSPS) is 16.5. The molecule has 1 aromatic carbocycles. The summed E-state index contributed by atoms with van der Waals surface area (Å²) < 4.78 is 0. The van der Waals surface area contributed by atoms with Gasteiger partial charge in [0, 0.05) is 24.7 Å². The van der Waals surface area contributed by atoms with E-state index in [1.807, 2.05) is 26.0 Å². The van der Waals surface area contributed by atoms with Crippen molar-refractivity contribution in [2.75, 3.05) is 13.1 Å². The van der Waals surface area contributed by atoms with Crippen molar-refractivity contribution in [2.24, 2.45) is 0 Å². The zero-order chi connectivity index (χ0) is 15.1. The van der Waals surface area contributed by atoms with Gasteiger partial charge in [-0.05, 0) is 38.8 Å². The average Bonchev–Trinajstić information content (AvgIpc) is 2.71. The van der Waals surface area contributed by atoms with Gasteiger partial charge in [0.25, 0.3) is 5.91 Å². The van der Waals surface area contributed by atoms with Crippen molar-refractivity contribution < 1.29 is 4.79 Å². The van der Waals surface area contributed by atoms with Gasteiger partial charge in [-0.3, -0.25) is 4.79 Å². The van der Waals surface area contributed by atoms with Gasteiger partial charge in [-0.2, -0.15) is 0 Å². The number of benzene rings is 1. The summed E-state index contributed by atoms with van der Waals surface area (Å²) in [4.78, 5) is 12.1. The minimum atomic E-state index is 0.0319. The van der Waals surface area contributed by atoms with E-state index in [0.29, 0.717) is 12.6 Å². The second-order valence-corrected chi connectivity index (χ2v) is 6.27. The van der Waals surface area contributed by atoms with Crippen molar-refractivity contribution in [2.45, 2.75) is 58.4 Å². The Labute approximate surface area is 128 Å². The SMILES string of the molecule is Cc1cc(C)cc(C(=O)NCCNC2CCCCCC2)c1. The molecule has 116 valence electrons. The molecule has 0 heterocycles. The molecule has 2 rings (SSSR count). The Kier molecular flexibility index (Phi) is 6.24. The van der Waals surface area contributed by atoms with E-state index in [-0.39, 0.29) is 5.91 Å². The lowest BCUT2D eigenvalue weighted by Gasteiger charge is -2.16. The smallest absolute Gasteiger partial charge is 0.251 e. The Hall–Kier alpha value is -1.35. The van der Waals surface area contributed by atoms with Gasteiger partial charge < -0.3 is 10.6 Å². The van der Waals surface area contributed by atoms with Crippen molar-refractivity contribution in [1.82, 2.24) is 10.6 Å². The van der Waals surface area contributed by atoms with Gasteiger partial charge in [0.1, 0.15) is 0 Å². The quantitative estimate of drug-likeness (QED) is 0.644. The van der Waals surface area contributed by atoms with Crippen molar-refractivity contribution >= 4 is 5.91 Å². The van der Waals surface area contributed by atoms with E-state index < -0.39 is 0 Å². The first-order chi connectivity index (χ1) is 10.1. The van der Waals surface area contributed by atoms with Crippen molar-refractivity contribution in [3.8, 4) is 0 Å². The molecule has 1 saturated carbocycles. The van der Waals surface area contributed by atoms with Gasteiger partial charge in [0.15, 0.2) is 0 Å². The molecule has 0 bridgehead atoms. The summed E-state index contributed by atoms with van der Waals surface area (Å²) in [5, 5.41) is 6.58. The fourth-order valence-corrected chi connectivity index (χ4v) is 3.14. The van der Waals surface area contributed by atoms with E-state index in [0.717, 1.165) is 23.2 Å². The molecule has 1 aliphatic carbocycles. The molecule has 1 aromatic rings. The third-order valence-corrected chi connectivity index (χ3v) is 4.18. The number of hydrogen-bond acceptors (Lipinski definition) is 2. The topological polar surface area (TPSA) is 41.1 Å². The van der Waals surface area contributed by atoms with Crippen LogP contribution >= 0.6 is 0 Å². The fraction of sp³-hybridized carbons (Fsp3) is 0.611. The monoisotopic (exact) mass is 288 g/mol. The maximum atomic E-state index is 12.1. The van der Waals surface area contributed by atoms with Crippen molar-refractivity contribution in [1.29, 1.82) is 0 Å². The highest BCUT2D eigenvalue weighted by atomic mass is 16.1. The van der Waals surface area contributed by atoms with Crippen LogP contribution in [0.5, 0.6) is 0 Å². The highest BCUT2D eigenvalue weighted by molar-refractivity contribution is 5.94. The summed E-state index contributed by atoms with van der Waals surface area (Å²) in [6, 6.07) is 6.62. The summed E-state index contributed by atoms with van der Waals surface area (Å²) in [6.45, 7) is 5.61. The van der Waals surface area contributed by atoms with Crippen molar-refractivity contribution in [3.05, 3.63) is 34.9 Å². The first-order valence-corrected chi connectivity index (χ1v) is 8.25. The van der Waals surface area contributed by atoms with E-state index >= 15 is 0 Å². The highest BCUT2D eigenvalue weighted by Crippen LogP contribution is 2.16. The van der Waals surface area contributed by atoms with Crippen LogP contribution in [0.2, 0.25) is 0 Å². The molecule has 0 atom stereocenters. The molecule has 0 unspecified atom stereocenters. The van der Waals surface area contributed by atoms with E-state index in [1.165, 1.54) is 38.5 Å². The van der Waals surface area contributed by atoms with Crippen LogP contribution in [0.1, 0.15) is 60.0 Å². The lowest BCUT2D eigenvalue weighted by Crippen LogP contribution is -2.36. The summed E-state index contributed by atoms with van der Waals surface area (Å²) >= 11 is 0. The summed E-state index contributed by atoms with van der Waals surface area (Å²) in [7, 11) is 0. The molecule has 0 radical (unpaired) electrons. The maximum Gasteiger partial charge on any atom is 0.251 e. The van der Waals surface area contributed by atoms with Gasteiger partial charge in [0.05, 0.1) is 0 Å². The molecule has 0 spiro atoms. The first kappa shape index (κ1) is 16.0. The molecule has 3 nitrogen and oxygen atoms in total. The molecule has 3 heteroatoms. The summed E-state index contributed by atoms with van der Waals surface area (Å²) in [5.74, 6) is 0.0319. The molecular formula is C18H28N2O. The zero-order valence-electron chi connectivity index (χ0n) is 13.4. The Morgan fingerprint density at radius 3 is 2.24 bits per heavy atom. The van der Waals surface area contributed by atoms with Gasteiger partial charge in [-0.15, -0.1) is 0 Å². The molecule has 2 N–H and O–H groups in total. The number of hydrogen-bond donors (Lipinski definition) is 2. The highest BCUT2D eigenvalue weighted by Gasteiger charge is 2.11. The number of aryl methyl sites for hydroxylation is 2. The second-order valence-electron chi connectivity index (χ2n) is 6.27. The van der Waals surface area contributed by atoms with Gasteiger partial charge in [0.2, 0.25) is 0 Å². The zero-order valence-corrected chi connectivity index (χ0v) is 13.4. The molecule has 0 aromatic heterocycles. The van der Waals surface area contributed by atoms with Gasteiger partial charge in [-0.25, -0.2) is 0 Å². The second kappa shape index (κ2) is 8.18. The summed E-state index contributed by atoms with van der Waals surface area (Å²) in [5.41, 5.74) is 3.04. The molecular weight excluding hydrogens is 260 g/mol. The number of carbonyl (C=O) groups excluding carboxylic acids is 1. The molecule has 0 saturated heterocycles. The van der Waals surface area contributed by atoms with Gasteiger partial charge in [-0.1, -0.05) is 42.9 Å². The minimum Gasteiger partial charge on any atom is -0.351 e. The van der Waals surface area contributed by atoms with E-state index in [9.17, 15) is 4.79 Å². The Morgan fingerprint density at radius 2 is 1.62 bits per heavy atom. The minimum absolute atomic E-state index is 0.0319. The predicted molar refractivity (Wildman–Crippen MR) is 87.7 cm³/mol. The van der Waals surface area contributed by atoms with Crippen molar-refractivity contribution in [3.63, 3.8) is 0 Å². The number of amides is 1. The Morgan fingerprint density at radius 1 is 1.00 bits per heavy atom. The largest absolute Gasteiger partial charge is 0.351 e. The molecule has 1 fully saturated rings. The van der Waals surface area contributed by atoms with Crippen LogP contribution < -0.4 is 10.6 Å². The van der Waals surface area contributed by atoms with Gasteiger partial charge >= 0.3 is 0 Å². The van der Waals surface area contributed by atoms with E-state index in [2.05, 4.69) is 16.7 Å². The average molecular weight is 288 g/mol. The van der Waals surface area contributed by atoms with E-state index in [4.69, 9.17) is 0 Å². The van der Waals surface area contributed by atoms with Crippen LogP contribution in [-0.4, -0.2) is 25.0 Å². The van der Waals surface area contributed by atoms with Crippen LogP contribution in [0.4, 0.5) is 0 Å². The standard InChI is InChI=1S/C18H28N2O/c1-14-11-15(2)13-16(12-14)18(21)20-10-9-19-17-7-5-3-4-6-8-17/h11-13,17,19H,3-10H2,1-2H3,(H,20,21). The number of nitrogens with one attached hydrogen (secondary N) is 2. The number of carbonyl (C=O) groups is 1. The first-order valence-electron chi connectivity index (χ1n) is 8.25. The lowest BCUT2D eigenvalue weighted by atomic mass is 10.1. The molecule has 0 aliphatic heterocycles. The third-order valence-electron chi connectivity index (χ3n) is 4.18. The molecule has 1 amide bonds. The van der Waals surface area contributed by atoms with Crippen LogP contribution in [0.3, 0.4) is 0 Å². The number of rotatable bonds is 5. The third kappa shape index (κ3) is 5.50. The Bertz CT molecular complexity index is 442. The lowest BCUT2D eigenvalue weighted by molar-refractivity contribution is 0.0953. The fourth-order valence-electron chi connectivity index (χ4n) is 3.14. The van der Waals surface area contributed by atoms with Crippen LogP contribution in [0.15, 0.2) is 18.2 Å². The predicted octanol–water partition coefficient (Wildman–Crippen LogP) is 3.35. The summed E-state index contributed by atoms with van der Waals surface area (Å²) in [6.07, 6.45) is 8.00. The van der Waals surface area contributed by atoms with Crippen LogP contribution in [0, 0.1) is 13.8 Å². The van der Waals surface area contributed by atoms with Crippen LogP contribution in [0.25, 0.3) is 0 Å².